The molecule has 2 aromatic carbocycles. The lowest BCUT2D eigenvalue weighted by Crippen LogP contribution is -2.03. The number of esters is 1. The van der Waals surface area contributed by atoms with Crippen LogP contribution in [0.5, 0.6) is 0 Å². The zero-order valence-electron chi connectivity index (χ0n) is 11.7. The van der Waals surface area contributed by atoms with E-state index in [1.54, 1.807) is 37.4 Å². The van der Waals surface area contributed by atoms with Gasteiger partial charge in [0.05, 0.1) is 17.9 Å². The molecular weight excluding hydrogens is 250 g/mol. The maximum Gasteiger partial charge on any atom is 0.338 e. The van der Waals surface area contributed by atoms with E-state index < -0.39 is 0 Å². The molecule has 0 N–H and O–H groups in total. The third-order valence-corrected chi connectivity index (χ3v) is 2.82. The summed E-state index contributed by atoms with van der Waals surface area (Å²) in [5.74, 6) is -0.304. The molecule has 0 spiro atoms. The molecule has 0 bridgehead atoms. The molecule has 0 amide bonds. The minimum Gasteiger partial charge on any atom is -0.462 e. The fourth-order valence-electron chi connectivity index (χ4n) is 1.70. The zero-order valence-corrected chi connectivity index (χ0v) is 11.7. The van der Waals surface area contributed by atoms with Gasteiger partial charge < -0.3 is 4.74 Å². The van der Waals surface area contributed by atoms with Crippen LogP contribution in [0.15, 0.2) is 53.5 Å². The van der Waals surface area contributed by atoms with Gasteiger partial charge in [0.1, 0.15) is 0 Å². The van der Waals surface area contributed by atoms with Crippen LogP contribution in [0.1, 0.15) is 28.4 Å². The molecule has 0 aliphatic rings. The van der Waals surface area contributed by atoms with Gasteiger partial charge in [-0.15, -0.1) is 0 Å². The zero-order chi connectivity index (χ0) is 14.4. The van der Waals surface area contributed by atoms with Crippen molar-refractivity contribution < 1.29 is 9.53 Å². The Bertz CT molecular complexity index is 598. The van der Waals surface area contributed by atoms with E-state index in [4.69, 9.17) is 4.74 Å². The largest absolute Gasteiger partial charge is 0.462 e. The van der Waals surface area contributed by atoms with Crippen molar-refractivity contribution in [2.24, 2.45) is 4.99 Å². The fourth-order valence-corrected chi connectivity index (χ4v) is 1.70. The summed E-state index contributed by atoms with van der Waals surface area (Å²) < 4.78 is 4.93. The molecule has 0 radical (unpaired) electrons. The SMILES string of the molecule is CCOC(=O)c1ccc(N=Cc2ccc(C)cc2)cc1. The molecule has 0 saturated heterocycles. The first kappa shape index (κ1) is 14.0. The van der Waals surface area contributed by atoms with E-state index in [-0.39, 0.29) is 5.97 Å². The van der Waals surface area contributed by atoms with E-state index in [9.17, 15) is 4.79 Å². The van der Waals surface area contributed by atoms with Gasteiger partial charge in [-0.25, -0.2) is 4.79 Å². The van der Waals surface area contributed by atoms with Gasteiger partial charge in [-0.2, -0.15) is 0 Å². The molecule has 2 aromatic rings. The van der Waals surface area contributed by atoms with Crippen LogP contribution in [0.4, 0.5) is 5.69 Å². The molecule has 0 aliphatic carbocycles. The summed E-state index contributed by atoms with van der Waals surface area (Å²) in [6.07, 6.45) is 1.80. The number of hydrogen-bond acceptors (Lipinski definition) is 3. The average Bonchev–Trinajstić information content (AvgIpc) is 2.47. The van der Waals surface area contributed by atoms with Crippen LogP contribution in [0.25, 0.3) is 0 Å². The lowest BCUT2D eigenvalue weighted by Gasteiger charge is -2.01. The number of carbonyl (C=O) groups is 1. The Labute approximate surface area is 118 Å². The van der Waals surface area contributed by atoms with Gasteiger partial charge in [-0.1, -0.05) is 29.8 Å². The number of hydrogen-bond donors (Lipinski definition) is 0. The topological polar surface area (TPSA) is 38.7 Å². The third-order valence-electron chi connectivity index (χ3n) is 2.82. The lowest BCUT2D eigenvalue weighted by molar-refractivity contribution is 0.0526. The molecule has 0 aromatic heterocycles. The van der Waals surface area contributed by atoms with E-state index in [1.165, 1.54) is 5.56 Å². The van der Waals surface area contributed by atoms with E-state index in [0.29, 0.717) is 12.2 Å². The Kier molecular flexibility index (Phi) is 4.66. The predicted molar refractivity (Wildman–Crippen MR) is 80.8 cm³/mol. The highest BCUT2D eigenvalue weighted by Crippen LogP contribution is 2.14. The van der Waals surface area contributed by atoms with Crippen molar-refractivity contribution in [2.75, 3.05) is 6.61 Å². The smallest absolute Gasteiger partial charge is 0.338 e. The predicted octanol–water partition coefficient (Wildman–Crippen LogP) is 3.92. The van der Waals surface area contributed by atoms with Crippen LogP contribution >= 0.6 is 0 Å². The van der Waals surface area contributed by atoms with Gasteiger partial charge in [0.15, 0.2) is 0 Å². The molecule has 0 fully saturated rings. The van der Waals surface area contributed by atoms with Crippen LogP contribution in [0.3, 0.4) is 0 Å². The highest BCUT2D eigenvalue weighted by molar-refractivity contribution is 5.90. The lowest BCUT2D eigenvalue weighted by atomic mass is 10.2. The molecule has 2 rings (SSSR count). The summed E-state index contributed by atoms with van der Waals surface area (Å²) >= 11 is 0. The highest BCUT2D eigenvalue weighted by Gasteiger charge is 2.04. The van der Waals surface area contributed by atoms with Crippen LogP contribution in [0, 0.1) is 6.92 Å². The Morgan fingerprint density at radius 3 is 2.35 bits per heavy atom. The average molecular weight is 267 g/mol. The molecule has 0 aliphatic heterocycles. The van der Waals surface area contributed by atoms with Crippen molar-refractivity contribution in [1.29, 1.82) is 0 Å². The molecule has 0 saturated carbocycles. The first-order valence-corrected chi connectivity index (χ1v) is 6.57. The van der Waals surface area contributed by atoms with Crippen molar-refractivity contribution in [3.8, 4) is 0 Å². The number of aryl methyl sites for hydroxylation is 1. The molecular formula is C17H17NO2. The number of carbonyl (C=O) groups excluding carboxylic acids is 1. The quantitative estimate of drug-likeness (QED) is 0.622. The summed E-state index contributed by atoms with van der Waals surface area (Å²) in [6.45, 7) is 4.22. The number of aliphatic imine (C=N–C) groups is 1. The number of nitrogens with zero attached hydrogens (tertiary/aromatic N) is 1. The fraction of sp³-hybridized carbons (Fsp3) is 0.176. The monoisotopic (exact) mass is 267 g/mol. The highest BCUT2D eigenvalue weighted by atomic mass is 16.5. The van der Waals surface area contributed by atoms with Crippen molar-refractivity contribution in [3.63, 3.8) is 0 Å². The van der Waals surface area contributed by atoms with E-state index in [0.717, 1.165) is 11.3 Å². The molecule has 3 nitrogen and oxygen atoms in total. The summed E-state index contributed by atoms with van der Waals surface area (Å²) in [7, 11) is 0. The normalized spacial score (nSPS) is 10.7. The maximum atomic E-state index is 11.5. The first-order valence-electron chi connectivity index (χ1n) is 6.57. The number of rotatable bonds is 4. The Morgan fingerprint density at radius 1 is 1.10 bits per heavy atom. The minimum absolute atomic E-state index is 0.304. The molecule has 3 heteroatoms. The summed E-state index contributed by atoms with van der Waals surface area (Å²) in [6, 6.07) is 15.2. The summed E-state index contributed by atoms with van der Waals surface area (Å²) in [4.78, 5) is 15.9. The van der Waals surface area contributed by atoms with Crippen LogP contribution in [0.2, 0.25) is 0 Å². The van der Waals surface area contributed by atoms with Crippen molar-refractivity contribution >= 4 is 17.9 Å². The minimum atomic E-state index is -0.304. The van der Waals surface area contributed by atoms with E-state index in [1.807, 2.05) is 24.3 Å². The van der Waals surface area contributed by atoms with E-state index >= 15 is 0 Å². The molecule has 20 heavy (non-hydrogen) atoms. The van der Waals surface area contributed by atoms with Crippen molar-refractivity contribution in [1.82, 2.24) is 0 Å². The second-order valence-corrected chi connectivity index (χ2v) is 4.44. The number of benzene rings is 2. The molecule has 102 valence electrons. The molecule has 0 heterocycles. The second-order valence-electron chi connectivity index (χ2n) is 4.44. The summed E-state index contributed by atoms with van der Waals surface area (Å²) in [5, 5.41) is 0. The maximum absolute atomic E-state index is 11.5. The Balaban J connectivity index is 2.07. The first-order chi connectivity index (χ1) is 9.69. The van der Waals surface area contributed by atoms with Gasteiger partial charge >= 0.3 is 5.97 Å². The summed E-state index contributed by atoms with van der Waals surface area (Å²) in [5.41, 5.74) is 3.62. The van der Waals surface area contributed by atoms with Gasteiger partial charge in [0, 0.05) is 6.21 Å². The van der Waals surface area contributed by atoms with Crippen molar-refractivity contribution in [2.45, 2.75) is 13.8 Å². The standard InChI is InChI=1S/C17H17NO2/c1-3-20-17(19)15-8-10-16(11-9-15)18-12-14-6-4-13(2)5-7-14/h4-12H,3H2,1-2H3. The Morgan fingerprint density at radius 2 is 1.75 bits per heavy atom. The Hall–Kier alpha value is -2.42. The molecule has 0 unspecified atom stereocenters. The molecule has 0 atom stereocenters. The van der Waals surface area contributed by atoms with Crippen LogP contribution in [-0.2, 0) is 4.74 Å². The van der Waals surface area contributed by atoms with Gasteiger partial charge in [0.2, 0.25) is 0 Å². The van der Waals surface area contributed by atoms with Gasteiger partial charge in [-0.05, 0) is 43.7 Å². The van der Waals surface area contributed by atoms with Crippen LogP contribution in [-0.4, -0.2) is 18.8 Å². The van der Waals surface area contributed by atoms with Gasteiger partial charge in [0.25, 0.3) is 0 Å². The van der Waals surface area contributed by atoms with Gasteiger partial charge in [-0.3, -0.25) is 4.99 Å². The second kappa shape index (κ2) is 6.66. The third kappa shape index (κ3) is 3.79. The van der Waals surface area contributed by atoms with Crippen LogP contribution < -0.4 is 0 Å². The van der Waals surface area contributed by atoms with Crippen molar-refractivity contribution in [3.05, 3.63) is 65.2 Å². The van der Waals surface area contributed by atoms with E-state index in [2.05, 4.69) is 11.9 Å². The number of ether oxygens (including phenoxy) is 1.